The molecular weight excluding hydrogens is 906 g/mol. The normalized spacial score (nSPS) is 10.9. The second-order valence-electron chi connectivity index (χ2n) is 12.0. The standard InChI is InChI=1S/C21H16F4.C15H16BFO2.C6H2BrF3.HI/c1-2-3-13-4-6-14(7-5-13)15-8-9-17(18(22)10-15)16-11-19(23)21(25)20(24)12-16;1-2-3-11-4-6-12(7-5-11)13-8-9-14(16(18)19)15(17)10-13;7-3-1-4(8)6(10)5(9)2-3;/h4-12H,2-3H2,1H3;4-10,18-19H,2-3H2,1H3;1-2H;1H/p-1/i11D;;1D;. The van der Waals surface area contributed by atoms with Crippen molar-refractivity contribution in [1.82, 2.24) is 0 Å². The summed E-state index contributed by atoms with van der Waals surface area (Å²) in [5.41, 5.74) is 4.90. The van der Waals surface area contributed by atoms with E-state index in [1.54, 1.807) is 12.1 Å². The SMILES string of the molecule is CCCc1ccc(-c2ccc(B(O)O)c(F)c2)cc1.[2H]c1c(-c2ccc(-c3ccc(CCC)cc3)cc2F)cc(F)c(F)c1F.[2H]c1c(Br)cc(F)c(F)c1F.[I-]. The summed E-state index contributed by atoms with van der Waals surface area (Å²) < 4.78 is 120. The Kier molecular flexibility index (Phi) is 16.3. The highest BCUT2D eigenvalue weighted by molar-refractivity contribution is 9.10. The Labute approximate surface area is 343 Å². The summed E-state index contributed by atoms with van der Waals surface area (Å²) in [4.78, 5) is 0. The zero-order chi connectivity index (χ0) is 41.3. The van der Waals surface area contributed by atoms with Crippen LogP contribution in [0.1, 0.15) is 40.6 Å². The largest absolute Gasteiger partial charge is 1.00 e. The summed E-state index contributed by atoms with van der Waals surface area (Å²) in [7, 11) is -1.78. The van der Waals surface area contributed by atoms with Gasteiger partial charge < -0.3 is 34.0 Å². The molecule has 288 valence electrons. The molecule has 0 aliphatic rings. The fraction of sp³-hybridized carbons (Fsp3) is 0.143. The number of halogens is 10. The van der Waals surface area contributed by atoms with Crippen molar-refractivity contribution in [2.45, 2.75) is 39.5 Å². The summed E-state index contributed by atoms with van der Waals surface area (Å²) in [6, 6.07) is 24.1. The molecule has 6 aromatic rings. The lowest BCUT2D eigenvalue weighted by Gasteiger charge is -2.09. The maximum atomic E-state index is 14.5. The Morgan fingerprint density at radius 3 is 1.38 bits per heavy atom. The van der Waals surface area contributed by atoms with Crippen molar-refractivity contribution in [3.63, 3.8) is 0 Å². The molecule has 13 heteroatoms. The number of rotatable bonds is 8. The second kappa shape index (κ2) is 21.3. The van der Waals surface area contributed by atoms with Crippen LogP contribution in [0.2, 0.25) is 0 Å². The van der Waals surface area contributed by atoms with E-state index in [-0.39, 0.29) is 45.0 Å². The van der Waals surface area contributed by atoms with E-state index in [1.165, 1.54) is 35.4 Å². The minimum absolute atomic E-state index is 0. The molecule has 2 nitrogen and oxygen atoms in total. The van der Waals surface area contributed by atoms with Gasteiger partial charge >= 0.3 is 7.12 Å². The molecule has 0 spiro atoms. The first-order valence-corrected chi connectivity index (χ1v) is 17.4. The molecule has 0 saturated carbocycles. The van der Waals surface area contributed by atoms with Crippen LogP contribution >= 0.6 is 15.9 Å². The molecule has 55 heavy (non-hydrogen) atoms. The maximum absolute atomic E-state index is 14.5. The molecule has 0 atom stereocenters. The highest BCUT2D eigenvalue weighted by atomic mass is 127. The van der Waals surface area contributed by atoms with Crippen molar-refractivity contribution in [3.8, 4) is 33.4 Å². The lowest BCUT2D eigenvalue weighted by Crippen LogP contribution is -3.00. The van der Waals surface area contributed by atoms with E-state index >= 15 is 0 Å². The monoisotopic (exact) mass is 941 g/mol. The average molecular weight is 942 g/mol. The van der Waals surface area contributed by atoms with Crippen LogP contribution in [0, 0.1) is 46.5 Å². The first kappa shape index (κ1) is 42.1. The highest BCUT2D eigenvalue weighted by Gasteiger charge is 2.17. The molecule has 0 unspecified atom stereocenters. The van der Waals surface area contributed by atoms with Gasteiger partial charge in [0, 0.05) is 15.5 Å². The molecule has 0 radical (unpaired) electrons. The molecule has 6 aromatic carbocycles. The summed E-state index contributed by atoms with van der Waals surface area (Å²) in [5, 5.41) is 18.0. The Hall–Kier alpha value is -4.05. The Morgan fingerprint density at radius 2 is 0.927 bits per heavy atom. The van der Waals surface area contributed by atoms with E-state index < -0.39 is 65.7 Å². The van der Waals surface area contributed by atoms with Crippen LogP contribution in [-0.2, 0) is 12.8 Å². The van der Waals surface area contributed by atoms with Crippen LogP contribution in [0.3, 0.4) is 0 Å². The summed E-state index contributed by atoms with van der Waals surface area (Å²) in [5.74, 6) is -10.5. The van der Waals surface area contributed by atoms with E-state index in [0.717, 1.165) is 42.4 Å². The Balaban J connectivity index is 0.000000246. The van der Waals surface area contributed by atoms with Gasteiger partial charge in [0.15, 0.2) is 34.9 Å². The maximum Gasteiger partial charge on any atom is 0.491 e. The quantitative estimate of drug-likeness (QED) is 0.0529. The van der Waals surface area contributed by atoms with Gasteiger partial charge in [-0.3, -0.25) is 0 Å². The Bertz CT molecular complexity index is 2270. The molecule has 0 saturated heterocycles. The molecule has 0 aliphatic heterocycles. The molecule has 6 rings (SSSR count). The summed E-state index contributed by atoms with van der Waals surface area (Å²) in [6.45, 7) is 4.21. The number of benzene rings is 6. The fourth-order valence-electron chi connectivity index (χ4n) is 5.26. The van der Waals surface area contributed by atoms with E-state index in [9.17, 15) is 35.1 Å². The number of aryl methyl sites for hydroxylation is 2. The third kappa shape index (κ3) is 12.5. The number of hydrogen-bond acceptors (Lipinski definition) is 2. The first-order chi connectivity index (χ1) is 26.6. The van der Waals surface area contributed by atoms with Crippen molar-refractivity contribution in [1.29, 1.82) is 0 Å². The second-order valence-corrected chi connectivity index (χ2v) is 12.8. The zero-order valence-corrected chi connectivity index (χ0v) is 33.1. The van der Waals surface area contributed by atoms with Crippen molar-refractivity contribution < 1.29 is 71.9 Å². The molecular formula is C42H34BBrF8IO2-. The fourth-order valence-corrected chi connectivity index (χ4v) is 5.63. The molecule has 0 fully saturated rings. The van der Waals surface area contributed by atoms with Crippen molar-refractivity contribution in [2.75, 3.05) is 0 Å². The van der Waals surface area contributed by atoms with Gasteiger partial charge in [0.25, 0.3) is 0 Å². The summed E-state index contributed by atoms with van der Waals surface area (Å²) in [6.07, 6.45) is 4.12. The van der Waals surface area contributed by atoms with Gasteiger partial charge in [-0.1, -0.05) is 115 Å². The lowest BCUT2D eigenvalue weighted by atomic mass is 9.79. The van der Waals surface area contributed by atoms with E-state index in [4.69, 9.17) is 12.8 Å². The smallest absolute Gasteiger partial charge is 0.491 e. The van der Waals surface area contributed by atoms with Crippen molar-refractivity contribution in [3.05, 3.63) is 171 Å². The van der Waals surface area contributed by atoms with Gasteiger partial charge in [0.2, 0.25) is 0 Å². The van der Waals surface area contributed by atoms with Gasteiger partial charge in [0.05, 0.1) is 2.74 Å². The van der Waals surface area contributed by atoms with E-state index in [1.807, 2.05) is 48.5 Å². The van der Waals surface area contributed by atoms with Gasteiger partial charge in [-0.05, 0) is 88.1 Å². The minimum Gasteiger partial charge on any atom is -1.00 e. The predicted molar refractivity (Wildman–Crippen MR) is 201 cm³/mol. The van der Waals surface area contributed by atoms with Crippen LogP contribution in [0.4, 0.5) is 35.1 Å². The molecule has 2 N–H and O–H groups in total. The summed E-state index contributed by atoms with van der Waals surface area (Å²) >= 11 is 2.70. The van der Waals surface area contributed by atoms with Gasteiger partial charge in [0.1, 0.15) is 11.6 Å². The van der Waals surface area contributed by atoms with Crippen LogP contribution in [0.5, 0.6) is 0 Å². The highest BCUT2D eigenvalue weighted by Crippen LogP contribution is 2.30. The van der Waals surface area contributed by atoms with Crippen LogP contribution in [0.25, 0.3) is 33.4 Å². The van der Waals surface area contributed by atoms with E-state index in [0.29, 0.717) is 17.7 Å². The van der Waals surface area contributed by atoms with Crippen molar-refractivity contribution >= 4 is 28.5 Å². The van der Waals surface area contributed by atoms with Crippen molar-refractivity contribution in [2.24, 2.45) is 0 Å². The lowest BCUT2D eigenvalue weighted by molar-refractivity contribution is -0.0000176. The molecule has 0 heterocycles. The molecule has 0 bridgehead atoms. The van der Waals surface area contributed by atoms with Crippen LogP contribution < -0.4 is 29.4 Å². The predicted octanol–water partition coefficient (Wildman–Crippen LogP) is 8.52. The zero-order valence-electron chi connectivity index (χ0n) is 31.3. The van der Waals surface area contributed by atoms with Crippen LogP contribution in [-0.4, -0.2) is 17.2 Å². The molecule has 0 aliphatic carbocycles. The van der Waals surface area contributed by atoms with Crippen LogP contribution in [0.15, 0.2) is 114 Å². The number of hydrogen-bond donors (Lipinski definition) is 2. The average Bonchev–Trinajstić information content (AvgIpc) is 3.18. The molecule has 0 amide bonds. The molecule has 0 aromatic heterocycles. The minimum atomic E-state index is -1.78. The third-order valence-electron chi connectivity index (χ3n) is 7.99. The third-order valence-corrected chi connectivity index (χ3v) is 8.42. The van der Waals surface area contributed by atoms with Gasteiger partial charge in [-0.15, -0.1) is 0 Å². The van der Waals surface area contributed by atoms with E-state index in [2.05, 4.69) is 29.8 Å². The Morgan fingerprint density at radius 1 is 0.509 bits per heavy atom. The first-order valence-electron chi connectivity index (χ1n) is 17.7. The topological polar surface area (TPSA) is 40.5 Å². The van der Waals surface area contributed by atoms with Gasteiger partial charge in [-0.2, -0.15) is 0 Å². The van der Waals surface area contributed by atoms with Gasteiger partial charge in [-0.25, -0.2) is 35.1 Å².